The van der Waals surface area contributed by atoms with Crippen LogP contribution in [0.5, 0.6) is 17.2 Å². The smallest absolute Gasteiger partial charge is 0.161 e. The number of para-hydroxylation sites is 2. The van der Waals surface area contributed by atoms with Gasteiger partial charge in [-0.25, -0.2) is 0 Å². The molecule has 3 aromatic carbocycles. The highest BCUT2D eigenvalue weighted by molar-refractivity contribution is 7.99. The molecule has 3 aromatic rings. The molecule has 2 aliphatic heterocycles. The molecule has 0 aromatic heterocycles. The van der Waals surface area contributed by atoms with Gasteiger partial charge in [0.1, 0.15) is 5.75 Å². The van der Waals surface area contributed by atoms with Gasteiger partial charge in [0.15, 0.2) is 11.5 Å². The second-order valence-electron chi connectivity index (χ2n) is 7.03. The van der Waals surface area contributed by atoms with Gasteiger partial charge in [0.2, 0.25) is 0 Å². The van der Waals surface area contributed by atoms with Crippen LogP contribution in [0.3, 0.4) is 0 Å². The topological polar surface area (TPSA) is 40.0 Å². The van der Waals surface area contributed by atoms with Gasteiger partial charge in [-0.05, 0) is 42.0 Å². The Morgan fingerprint density at radius 1 is 0.931 bits per heavy atom. The molecule has 2 heterocycles. The van der Waals surface area contributed by atoms with Gasteiger partial charge in [-0.3, -0.25) is 4.99 Å². The molecular weight excluding hydrogens is 382 g/mol. The molecule has 5 heteroatoms. The van der Waals surface area contributed by atoms with Crippen LogP contribution in [0, 0.1) is 5.92 Å². The minimum atomic E-state index is 0.125. The Bertz CT molecular complexity index is 1090. The fourth-order valence-electron chi connectivity index (χ4n) is 3.96. The Balaban J connectivity index is 1.67. The number of ether oxygens (including phenoxy) is 3. The standard InChI is InChI=1S/C24H21NO3S/c1-26-20-12-11-15(13-21(20)27-2)24-17-14-28-19-9-5-3-7-16(19)23(17)25-18-8-4-6-10-22(18)29-24/h3-13,17,24H,14H2,1-2H3/t17-,24-/m0/s1. The van der Waals surface area contributed by atoms with Crippen molar-refractivity contribution in [3.63, 3.8) is 0 Å². The van der Waals surface area contributed by atoms with Gasteiger partial charge in [-0.2, -0.15) is 0 Å². The van der Waals surface area contributed by atoms with Crippen LogP contribution in [0.1, 0.15) is 16.4 Å². The summed E-state index contributed by atoms with van der Waals surface area (Å²) in [6, 6.07) is 22.7. The molecule has 5 rings (SSSR count). The number of hydrogen-bond donors (Lipinski definition) is 0. The molecule has 0 bridgehead atoms. The number of rotatable bonds is 3. The quantitative estimate of drug-likeness (QED) is 0.564. The maximum atomic E-state index is 6.15. The molecule has 2 aliphatic rings. The van der Waals surface area contributed by atoms with Crippen molar-refractivity contribution < 1.29 is 14.2 Å². The van der Waals surface area contributed by atoms with Crippen molar-refractivity contribution in [3.8, 4) is 17.2 Å². The van der Waals surface area contributed by atoms with E-state index in [4.69, 9.17) is 19.2 Å². The Morgan fingerprint density at radius 3 is 2.59 bits per heavy atom. The first-order valence-corrected chi connectivity index (χ1v) is 10.4. The molecule has 0 saturated heterocycles. The fraction of sp³-hybridized carbons (Fsp3) is 0.208. The minimum Gasteiger partial charge on any atom is -0.493 e. The lowest BCUT2D eigenvalue weighted by Gasteiger charge is -2.31. The van der Waals surface area contributed by atoms with Crippen LogP contribution in [0.4, 0.5) is 5.69 Å². The first kappa shape index (κ1) is 18.1. The fourth-order valence-corrected chi connectivity index (χ4v) is 5.28. The summed E-state index contributed by atoms with van der Waals surface area (Å²) in [5, 5.41) is 0.144. The van der Waals surface area contributed by atoms with Crippen LogP contribution in [0.25, 0.3) is 0 Å². The number of thioether (sulfide) groups is 1. The van der Waals surface area contributed by atoms with Gasteiger partial charge in [-0.1, -0.05) is 30.3 Å². The Kier molecular flexibility index (Phi) is 4.68. The largest absolute Gasteiger partial charge is 0.493 e. The van der Waals surface area contributed by atoms with E-state index in [0.717, 1.165) is 34.2 Å². The van der Waals surface area contributed by atoms with E-state index in [0.29, 0.717) is 6.61 Å². The molecule has 0 aliphatic carbocycles. The summed E-state index contributed by atoms with van der Waals surface area (Å²) in [7, 11) is 3.33. The van der Waals surface area contributed by atoms with Crippen LogP contribution in [-0.2, 0) is 0 Å². The van der Waals surface area contributed by atoms with Crippen molar-refractivity contribution in [2.24, 2.45) is 10.9 Å². The molecule has 0 unspecified atom stereocenters. The lowest BCUT2D eigenvalue weighted by Crippen LogP contribution is -2.31. The van der Waals surface area contributed by atoms with E-state index in [-0.39, 0.29) is 11.2 Å². The zero-order valence-corrected chi connectivity index (χ0v) is 17.1. The predicted molar refractivity (Wildman–Crippen MR) is 116 cm³/mol. The summed E-state index contributed by atoms with van der Waals surface area (Å²) >= 11 is 1.83. The van der Waals surface area contributed by atoms with E-state index >= 15 is 0 Å². The average molecular weight is 404 g/mol. The first-order valence-electron chi connectivity index (χ1n) is 9.57. The number of hydrogen-bond acceptors (Lipinski definition) is 5. The van der Waals surface area contributed by atoms with E-state index in [2.05, 4.69) is 36.4 Å². The molecule has 29 heavy (non-hydrogen) atoms. The molecule has 2 atom stereocenters. The zero-order valence-electron chi connectivity index (χ0n) is 16.3. The molecule has 146 valence electrons. The summed E-state index contributed by atoms with van der Waals surface area (Å²) in [6.45, 7) is 0.593. The van der Waals surface area contributed by atoms with Crippen molar-refractivity contribution in [3.05, 3.63) is 77.9 Å². The summed E-state index contributed by atoms with van der Waals surface area (Å²) < 4.78 is 17.1. The average Bonchev–Trinajstić information content (AvgIpc) is 2.95. The molecule has 0 N–H and O–H groups in total. The second-order valence-corrected chi connectivity index (χ2v) is 8.21. The lowest BCUT2D eigenvalue weighted by molar-refractivity contribution is 0.271. The number of benzene rings is 3. The number of fused-ring (bicyclic) bond motifs is 4. The second kappa shape index (κ2) is 7.48. The number of methoxy groups -OCH3 is 2. The molecule has 0 amide bonds. The van der Waals surface area contributed by atoms with Gasteiger partial charge in [0.05, 0.1) is 38.1 Å². The summed E-state index contributed by atoms with van der Waals surface area (Å²) in [4.78, 5) is 6.29. The summed E-state index contributed by atoms with van der Waals surface area (Å²) in [6.07, 6.45) is 0. The molecular formula is C24H21NO3S. The van der Waals surface area contributed by atoms with Gasteiger partial charge in [0.25, 0.3) is 0 Å². The van der Waals surface area contributed by atoms with Crippen LogP contribution in [0.15, 0.2) is 76.6 Å². The first-order chi connectivity index (χ1) is 14.3. The third kappa shape index (κ3) is 3.15. The highest BCUT2D eigenvalue weighted by Crippen LogP contribution is 2.51. The van der Waals surface area contributed by atoms with Crippen LogP contribution < -0.4 is 14.2 Å². The Hall–Kier alpha value is -2.92. The predicted octanol–water partition coefficient (Wildman–Crippen LogP) is 5.68. The molecule has 0 radical (unpaired) electrons. The molecule has 0 fully saturated rings. The number of nitrogens with zero attached hydrogens (tertiary/aromatic N) is 1. The maximum Gasteiger partial charge on any atom is 0.161 e. The van der Waals surface area contributed by atoms with E-state index in [1.165, 1.54) is 10.5 Å². The van der Waals surface area contributed by atoms with Gasteiger partial charge in [-0.15, -0.1) is 11.8 Å². The van der Waals surface area contributed by atoms with Crippen molar-refractivity contribution >= 4 is 23.2 Å². The monoisotopic (exact) mass is 403 g/mol. The Morgan fingerprint density at radius 2 is 1.72 bits per heavy atom. The van der Waals surface area contributed by atoms with Crippen LogP contribution in [-0.4, -0.2) is 26.5 Å². The summed E-state index contributed by atoms with van der Waals surface area (Å²) in [5.74, 6) is 2.49. The van der Waals surface area contributed by atoms with Crippen molar-refractivity contribution in [2.75, 3.05) is 20.8 Å². The van der Waals surface area contributed by atoms with Gasteiger partial charge in [0, 0.05) is 15.7 Å². The maximum absolute atomic E-state index is 6.15. The SMILES string of the molecule is COc1ccc([C@@H]2Sc3ccccc3N=C3c4ccccc4OC[C@@H]32)cc1OC. The molecule has 0 spiro atoms. The van der Waals surface area contributed by atoms with E-state index in [1.807, 2.05) is 42.1 Å². The van der Waals surface area contributed by atoms with Crippen molar-refractivity contribution in [1.82, 2.24) is 0 Å². The third-order valence-electron chi connectivity index (χ3n) is 5.39. The zero-order chi connectivity index (χ0) is 19.8. The highest BCUT2D eigenvalue weighted by atomic mass is 32.2. The van der Waals surface area contributed by atoms with Crippen molar-refractivity contribution in [2.45, 2.75) is 10.1 Å². The van der Waals surface area contributed by atoms with Crippen molar-refractivity contribution in [1.29, 1.82) is 0 Å². The highest BCUT2D eigenvalue weighted by Gasteiger charge is 2.37. The van der Waals surface area contributed by atoms with Gasteiger partial charge < -0.3 is 14.2 Å². The molecule has 4 nitrogen and oxygen atoms in total. The van der Waals surface area contributed by atoms with Gasteiger partial charge >= 0.3 is 0 Å². The minimum absolute atomic E-state index is 0.125. The molecule has 0 saturated carbocycles. The van der Waals surface area contributed by atoms with Crippen LogP contribution in [0.2, 0.25) is 0 Å². The normalized spacial score (nSPS) is 19.6. The Labute approximate surface area is 174 Å². The lowest BCUT2D eigenvalue weighted by atomic mass is 9.88. The summed E-state index contributed by atoms with van der Waals surface area (Å²) in [5.41, 5.74) is 4.35. The van der Waals surface area contributed by atoms with E-state index < -0.39 is 0 Å². The van der Waals surface area contributed by atoms with E-state index in [9.17, 15) is 0 Å². The third-order valence-corrected chi connectivity index (χ3v) is 6.85. The van der Waals surface area contributed by atoms with Crippen LogP contribution >= 0.6 is 11.8 Å². The van der Waals surface area contributed by atoms with E-state index in [1.54, 1.807) is 14.2 Å². The number of aliphatic imine (C=N–C) groups is 1.